The Morgan fingerprint density at radius 2 is 1.70 bits per heavy atom. The maximum absolute atomic E-state index is 14.0. The van der Waals surface area contributed by atoms with E-state index in [4.69, 9.17) is 5.73 Å². The Bertz CT molecular complexity index is 452. The van der Waals surface area contributed by atoms with Crippen LogP contribution in [0.5, 0.6) is 0 Å². The standard InChI is InChI=1S/C16H24F2N2/c1-16(2,20-10-5-3-4-6-11-20)15(19)12-8-7-9-13(17)14(12)18/h7-9,15H,3-6,10-11,19H2,1-2H3. The second-order valence-electron chi connectivity index (χ2n) is 6.18. The van der Waals surface area contributed by atoms with Crippen molar-refractivity contribution in [2.75, 3.05) is 13.1 Å². The Morgan fingerprint density at radius 1 is 1.10 bits per heavy atom. The summed E-state index contributed by atoms with van der Waals surface area (Å²) in [5, 5.41) is 0. The van der Waals surface area contributed by atoms with Gasteiger partial charge in [-0.05, 0) is 45.8 Å². The molecule has 1 aliphatic heterocycles. The first kappa shape index (κ1) is 15.4. The molecular formula is C16H24F2N2. The molecule has 0 spiro atoms. The van der Waals surface area contributed by atoms with Crippen molar-refractivity contribution in [2.24, 2.45) is 5.73 Å². The van der Waals surface area contributed by atoms with E-state index in [9.17, 15) is 8.78 Å². The monoisotopic (exact) mass is 282 g/mol. The number of nitrogens with two attached hydrogens (primary N) is 1. The van der Waals surface area contributed by atoms with Gasteiger partial charge in [-0.3, -0.25) is 4.90 Å². The molecule has 1 aliphatic rings. The molecule has 1 aromatic rings. The summed E-state index contributed by atoms with van der Waals surface area (Å²) in [5.41, 5.74) is 6.15. The lowest BCUT2D eigenvalue weighted by Gasteiger charge is -2.42. The largest absolute Gasteiger partial charge is 0.322 e. The van der Waals surface area contributed by atoms with Gasteiger partial charge in [-0.15, -0.1) is 0 Å². The maximum atomic E-state index is 14.0. The molecule has 1 unspecified atom stereocenters. The number of benzene rings is 1. The summed E-state index contributed by atoms with van der Waals surface area (Å²) in [6.45, 7) is 5.98. The normalized spacial score (nSPS) is 19.6. The summed E-state index contributed by atoms with van der Waals surface area (Å²) in [7, 11) is 0. The number of likely N-dealkylation sites (tertiary alicyclic amines) is 1. The van der Waals surface area contributed by atoms with E-state index < -0.39 is 17.7 Å². The molecule has 0 bridgehead atoms. The minimum absolute atomic E-state index is 0.263. The number of halogens is 2. The van der Waals surface area contributed by atoms with E-state index in [1.807, 2.05) is 13.8 Å². The second-order valence-corrected chi connectivity index (χ2v) is 6.18. The molecule has 1 fully saturated rings. The molecule has 2 N–H and O–H groups in total. The van der Waals surface area contributed by atoms with Crippen LogP contribution in [-0.2, 0) is 0 Å². The third kappa shape index (κ3) is 3.01. The molecule has 2 nitrogen and oxygen atoms in total. The molecule has 1 saturated heterocycles. The van der Waals surface area contributed by atoms with Crippen LogP contribution in [0.2, 0.25) is 0 Å². The van der Waals surface area contributed by atoms with Crippen molar-refractivity contribution in [1.29, 1.82) is 0 Å². The minimum atomic E-state index is -0.829. The van der Waals surface area contributed by atoms with Crippen LogP contribution in [0.15, 0.2) is 18.2 Å². The predicted molar refractivity (Wildman–Crippen MR) is 77.4 cm³/mol. The summed E-state index contributed by atoms with van der Waals surface area (Å²) in [6.07, 6.45) is 4.75. The van der Waals surface area contributed by atoms with E-state index in [0.717, 1.165) is 32.0 Å². The van der Waals surface area contributed by atoms with Gasteiger partial charge in [0.1, 0.15) is 0 Å². The quantitative estimate of drug-likeness (QED) is 0.917. The highest BCUT2D eigenvalue weighted by molar-refractivity contribution is 5.25. The summed E-state index contributed by atoms with van der Waals surface area (Å²) in [4.78, 5) is 2.31. The Labute approximate surface area is 120 Å². The van der Waals surface area contributed by atoms with Gasteiger partial charge in [-0.25, -0.2) is 8.78 Å². The molecule has 0 saturated carbocycles. The summed E-state index contributed by atoms with van der Waals surface area (Å²) in [6, 6.07) is 3.69. The molecule has 112 valence electrons. The lowest BCUT2D eigenvalue weighted by molar-refractivity contribution is 0.0965. The van der Waals surface area contributed by atoms with Gasteiger partial charge in [0, 0.05) is 11.1 Å². The van der Waals surface area contributed by atoms with E-state index in [2.05, 4.69) is 4.90 Å². The number of nitrogens with zero attached hydrogens (tertiary/aromatic N) is 1. The minimum Gasteiger partial charge on any atom is -0.322 e. The molecule has 20 heavy (non-hydrogen) atoms. The highest BCUT2D eigenvalue weighted by atomic mass is 19.2. The molecule has 2 rings (SSSR count). The first-order valence-electron chi connectivity index (χ1n) is 7.39. The zero-order valence-corrected chi connectivity index (χ0v) is 12.3. The Morgan fingerprint density at radius 3 is 2.30 bits per heavy atom. The van der Waals surface area contributed by atoms with Gasteiger partial charge in [-0.2, -0.15) is 0 Å². The fourth-order valence-corrected chi connectivity index (χ4v) is 2.98. The van der Waals surface area contributed by atoms with E-state index >= 15 is 0 Å². The van der Waals surface area contributed by atoms with E-state index in [1.54, 1.807) is 6.07 Å². The number of rotatable bonds is 3. The Hall–Kier alpha value is -1.00. The lowest BCUT2D eigenvalue weighted by Crippen LogP contribution is -2.51. The van der Waals surface area contributed by atoms with Crippen LogP contribution >= 0.6 is 0 Å². The Balaban J connectivity index is 2.25. The first-order chi connectivity index (χ1) is 9.44. The molecule has 0 aromatic heterocycles. The maximum Gasteiger partial charge on any atom is 0.163 e. The second kappa shape index (κ2) is 6.19. The summed E-state index contributed by atoms with van der Waals surface area (Å²) >= 11 is 0. The van der Waals surface area contributed by atoms with Gasteiger partial charge in [0.05, 0.1) is 6.04 Å². The summed E-state index contributed by atoms with van der Waals surface area (Å²) in [5.74, 6) is -1.65. The van der Waals surface area contributed by atoms with Gasteiger partial charge in [0.2, 0.25) is 0 Å². The van der Waals surface area contributed by atoms with Gasteiger partial charge < -0.3 is 5.73 Å². The first-order valence-corrected chi connectivity index (χ1v) is 7.39. The van der Waals surface area contributed by atoms with Crippen LogP contribution in [0.1, 0.15) is 51.1 Å². The summed E-state index contributed by atoms with van der Waals surface area (Å²) < 4.78 is 27.3. The highest BCUT2D eigenvalue weighted by Gasteiger charge is 2.35. The smallest absolute Gasteiger partial charge is 0.163 e. The molecule has 4 heteroatoms. The van der Waals surface area contributed by atoms with Crippen LogP contribution in [0.25, 0.3) is 0 Å². The van der Waals surface area contributed by atoms with Gasteiger partial charge in [-0.1, -0.05) is 25.0 Å². The average molecular weight is 282 g/mol. The predicted octanol–water partition coefficient (Wildman–Crippen LogP) is 3.62. The molecule has 0 amide bonds. The van der Waals surface area contributed by atoms with Crippen LogP contribution < -0.4 is 5.73 Å². The van der Waals surface area contributed by atoms with Crippen molar-refractivity contribution >= 4 is 0 Å². The molecular weight excluding hydrogens is 258 g/mol. The topological polar surface area (TPSA) is 29.3 Å². The SMILES string of the molecule is CC(C)(C(N)c1cccc(F)c1F)N1CCCCCC1. The molecule has 0 aliphatic carbocycles. The highest BCUT2D eigenvalue weighted by Crippen LogP contribution is 2.32. The van der Waals surface area contributed by atoms with E-state index in [-0.39, 0.29) is 11.1 Å². The third-order valence-corrected chi connectivity index (χ3v) is 4.50. The molecule has 1 aromatic carbocycles. The van der Waals surface area contributed by atoms with E-state index in [1.165, 1.54) is 18.9 Å². The van der Waals surface area contributed by atoms with Crippen LogP contribution in [0.3, 0.4) is 0 Å². The molecule has 1 atom stereocenters. The van der Waals surface area contributed by atoms with Crippen molar-refractivity contribution in [3.05, 3.63) is 35.4 Å². The van der Waals surface area contributed by atoms with Gasteiger partial charge in [0.15, 0.2) is 11.6 Å². The zero-order chi connectivity index (χ0) is 14.8. The Kier molecular flexibility index (Phi) is 4.76. The lowest BCUT2D eigenvalue weighted by atomic mass is 9.87. The van der Waals surface area contributed by atoms with Gasteiger partial charge >= 0.3 is 0 Å². The van der Waals surface area contributed by atoms with Crippen LogP contribution in [0.4, 0.5) is 8.78 Å². The van der Waals surface area contributed by atoms with Gasteiger partial charge in [0.25, 0.3) is 0 Å². The fourth-order valence-electron chi connectivity index (χ4n) is 2.98. The fraction of sp³-hybridized carbons (Fsp3) is 0.625. The van der Waals surface area contributed by atoms with Crippen molar-refractivity contribution in [2.45, 2.75) is 51.1 Å². The third-order valence-electron chi connectivity index (χ3n) is 4.50. The van der Waals surface area contributed by atoms with Crippen LogP contribution in [-0.4, -0.2) is 23.5 Å². The van der Waals surface area contributed by atoms with Crippen molar-refractivity contribution in [3.63, 3.8) is 0 Å². The molecule has 0 radical (unpaired) electrons. The van der Waals surface area contributed by atoms with Crippen molar-refractivity contribution < 1.29 is 8.78 Å². The number of hydrogen-bond donors (Lipinski definition) is 1. The van der Waals surface area contributed by atoms with E-state index in [0.29, 0.717) is 0 Å². The van der Waals surface area contributed by atoms with Crippen molar-refractivity contribution in [3.8, 4) is 0 Å². The number of hydrogen-bond acceptors (Lipinski definition) is 2. The molecule has 1 heterocycles. The zero-order valence-electron chi connectivity index (χ0n) is 12.3. The van der Waals surface area contributed by atoms with Crippen molar-refractivity contribution in [1.82, 2.24) is 4.90 Å². The average Bonchev–Trinajstić information content (AvgIpc) is 2.70. The van der Waals surface area contributed by atoms with Crippen LogP contribution in [0, 0.1) is 11.6 Å².